The maximum Gasteiger partial charge on any atom is 0.332 e. The van der Waals surface area contributed by atoms with Crippen LogP contribution in [0.5, 0.6) is 5.75 Å². The van der Waals surface area contributed by atoms with Crippen molar-refractivity contribution in [3.05, 3.63) is 29.8 Å². The van der Waals surface area contributed by atoms with Gasteiger partial charge in [-0.2, -0.15) is 0 Å². The predicted molar refractivity (Wildman–Crippen MR) is 84.1 cm³/mol. The zero-order valence-electron chi connectivity index (χ0n) is 13.7. The third-order valence-electron chi connectivity index (χ3n) is 3.01. The molecule has 0 aliphatic heterocycles. The average molecular weight is 324 g/mol. The molecule has 6 nitrogen and oxygen atoms in total. The minimum Gasteiger partial charge on any atom is -0.497 e. The molecule has 0 aromatic heterocycles. The summed E-state index contributed by atoms with van der Waals surface area (Å²) in [6.45, 7) is 2.08. The number of benzene rings is 1. The van der Waals surface area contributed by atoms with Gasteiger partial charge < -0.3 is 18.9 Å². The van der Waals surface area contributed by atoms with Crippen LogP contribution >= 0.6 is 0 Å². The first-order chi connectivity index (χ1) is 11.2. The largest absolute Gasteiger partial charge is 0.497 e. The topological polar surface area (TPSA) is 71.1 Å². The molecule has 0 atom stereocenters. The van der Waals surface area contributed by atoms with Crippen LogP contribution in [0.2, 0.25) is 0 Å². The minimum absolute atomic E-state index is 0.146. The first kappa shape index (κ1) is 19.0. The Hall–Kier alpha value is -2.08. The molecule has 0 aliphatic rings. The molecule has 0 amide bonds. The van der Waals surface area contributed by atoms with Crippen LogP contribution in [0, 0.1) is 0 Å². The molecule has 0 saturated heterocycles. The van der Waals surface area contributed by atoms with Gasteiger partial charge in [-0.05, 0) is 24.1 Å². The lowest BCUT2D eigenvalue weighted by atomic mass is 10.2. The van der Waals surface area contributed by atoms with Crippen molar-refractivity contribution >= 4 is 11.9 Å². The Bertz CT molecular complexity index is 468. The first-order valence-corrected chi connectivity index (χ1v) is 7.67. The first-order valence-electron chi connectivity index (χ1n) is 7.67. The second-order valence-electron chi connectivity index (χ2n) is 4.93. The van der Waals surface area contributed by atoms with E-state index < -0.39 is 11.9 Å². The van der Waals surface area contributed by atoms with Crippen molar-refractivity contribution in [3.8, 4) is 5.75 Å². The van der Waals surface area contributed by atoms with E-state index in [1.807, 2.05) is 0 Å². The Morgan fingerprint density at radius 3 is 2.22 bits per heavy atom. The summed E-state index contributed by atoms with van der Waals surface area (Å²) in [5.41, 5.74) is 0.842. The summed E-state index contributed by atoms with van der Waals surface area (Å²) in [5.74, 6) is -0.260. The van der Waals surface area contributed by atoms with Crippen LogP contribution in [-0.4, -0.2) is 38.9 Å². The number of unbranched alkanes of at least 4 members (excludes halogenated alkanes) is 2. The van der Waals surface area contributed by atoms with Crippen LogP contribution in [0.15, 0.2) is 24.3 Å². The van der Waals surface area contributed by atoms with Crippen molar-refractivity contribution < 1.29 is 28.5 Å². The molecule has 0 unspecified atom stereocenters. The van der Waals surface area contributed by atoms with Crippen molar-refractivity contribution in [2.45, 2.75) is 32.8 Å². The maximum atomic E-state index is 11.5. The number of ether oxygens (including phenoxy) is 4. The Morgan fingerprint density at radius 1 is 0.957 bits per heavy atom. The number of rotatable bonds is 11. The Labute approximate surface area is 136 Å². The normalized spacial score (nSPS) is 10.2. The molecule has 0 bridgehead atoms. The highest BCUT2D eigenvalue weighted by Crippen LogP contribution is 2.11. The molecule has 1 rings (SSSR count). The van der Waals surface area contributed by atoms with Crippen LogP contribution in [0.4, 0.5) is 0 Å². The van der Waals surface area contributed by atoms with Gasteiger partial charge in [0.2, 0.25) is 0 Å². The van der Waals surface area contributed by atoms with Gasteiger partial charge in [-0.1, -0.05) is 31.9 Å². The summed E-state index contributed by atoms with van der Waals surface area (Å²) in [6, 6.07) is 7.18. The fraction of sp³-hybridized carbons (Fsp3) is 0.529. The van der Waals surface area contributed by atoms with E-state index in [-0.39, 0.29) is 19.8 Å². The van der Waals surface area contributed by atoms with Gasteiger partial charge in [0.05, 0.1) is 13.7 Å². The summed E-state index contributed by atoms with van der Waals surface area (Å²) in [4.78, 5) is 22.8. The molecular weight excluding hydrogens is 300 g/mol. The molecule has 6 heteroatoms. The van der Waals surface area contributed by atoms with Gasteiger partial charge in [0.15, 0.2) is 0 Å². The molecule has 0 heterocycles. The van der Waals surface area contributed by atoms with Gasteiger partial charge in [-0.3, -0.25) is 0 Å². The highest BCUT2D eigenvalue weighted by Gasteiger charge is 2.07. The summed E-state index contributed by atoms with van der Waals surface area (Å²) >= 11 is 0. The van der Waals surface area contributed by atoms with E-state index >= 15 is 0 Å². The third kappa shape index (κ3) is 8.83. The van der Waals surface area contributed by atoms with E-state index in [0.29, 0.717) is 6.61 Å². The second-order valence-corrected chi connectivity index (χ2v) is 4.93. The number of methoxy groups -OCH3 is 1. The van der Waals surface area contributed by atoms with Gasteiger partial charge >= 0.3 is 11.9 Å². The molecule has 0 saturated carbocycles. The molecule has 0 aliphatic carbocycles. The van der Waals surface area contributed by atoms with Crippen molar-refractivity contribution in [3.63, 3.8) is 0 Å². The summed E-state index contributed by atoms with van der Waals surface area (Å²) in [5, 5.41) is 0. The van der Waals surface area contributed by atoms with Gasteiger partial charge in [0.25, 0.3) is 0 Å². The van der Waals surface area contributed by atoms with Crippen LogP contribution in [-0.2, 0) is 30.4 Å². The molecule has 1 aromatic rings. The molecule has 0 radical (unpaired) electrons. The van der Waals surface area contributed by atoms with Gasteiger partial charge in [0.1, 0.15) is 25.6 Å². The molecule has 0 spiro atoms. The number of esters is 2. The summed E-state index contributed by atoms with van der Waals surface area (Å²) in [7, 11) is 1.58. The molecule has 128 valence electrons. The van der Waals surface area contributed by atoms with Gasteiger partial charge in [-0.15, -0.1) is 0 Å². The SMILES string of the molecule is CCCCCOC(=O)COCC(=O)OCc1ccc(OC)cc1. The van der Waals surface area contributed by atoms with Gasteiger partial charge in [0, 0.05) is 0 Å². The van der Waals surface area contributed by atoms with Crippen molar-refractivity contribution in [2.24, 2.45) is 0 Å². The van der Waals surface area contributed by atoms with E-state index in [9.17, 15) is 9.59 Å². The van der Waals surface area contributed by atoms with E-state index in [2.05, 4.69) is 6.92 Å². The molecule has 23 heavy (non-hydrogen) atoms. The smallest absolute Gasteiger partial charge is 0.332 e. The highest BCUT2D eigenvalue weighted by molar-refractivity contribution is 5.73. The lowest BCUT2D eigenvalue weighted by Gasteiger charge is -2.07. The van der Waals surface area contributed by atoms with E-state index in [4.69, 9.17) is 18.9 Å². The standard InChI is InChI=1S/C17H24O6/c1-3-4-5-10-22-16(18)12-21-13-17(19)23-11-14-6-8-15(20-2)9-7-14/h6-9H,3-5,10-13H2,1-2H3. The Kier molecular flexibility index (Phi) is 9.47. The zero-order chi connectivity index (χ0) is 16.9. The third-order valence-corrected chi connectivity index (χ3v) is 3.01. The summed E-state index contributed by atoms with van der Waals surface area (Å²) in [6.07, 6.45) is 2.92. The number of carbonyl (C=O) groups is 2. The summed E-state index contributed by atoms with van der Waals surface area (Å²) < 4.78 is 20.0. The van der Waals surface area contributed by atoms with Crippen molar-refractivity contribution in [1.29, 1.82) is 0 Å². The van der Waals surface area contributed by atoms with E-state index in [1.54, 1.807) is 31.4 Å². The highest BCUT2D eigenvalue weighted by atomic mass is 16.6. The number of hydrogen-bond acceptors (Lipinski definition) is 6. The zero-order valence-corrected chi connectivity index (χ0v) is 13.7. The average Bonchev–Trinajstić information content (AvgIpc) is 2.57. The molecule has 0 N–H and O–H groups in total. The van der Waals surface area contributed by atoms with Crippen molar-refractivity contribution in [1.82, 2.24) is 0 Å². The van der Waals surface area contributed by atoms with Crippen LogP contribution in [0.1, 0.15) is 31.7 Å². The van der Waals surface area contributed by atoms with Crippen molar-refractivity contribution in [2.75, 3.05) is 26.9 Å². The quantitative estimate of drug-likeness (QED) is 0.460. The van der Waals surface area contributed by atoms with E-state index in [1.165, 1.54) is 0 Å². The monoisotopic (exact) mass is 324 g/mol. The van der Waals surface area contributed by atoms with Crippen LogP contribution < -0.4 is 4.74 Å². The fourth-order valence-corrected chi connectivity index (χ4v) is 1.72. The van der Waals surface area contributed by atoms with Crippen LogP contribution in [0.3, 0.4) is 0 Å². The number of carbonyl (C=O) groups excluding carboxylic acids is 2. The molecular formula is C17H24O6. The lowest BCUT2D eigenvalue weighted by Crippen LogP contribution is -2.18. The molecule has 1 aromatic carbocycles. The van der Waals surface area contributed by atoms with Crippen LogP contribution in [0.25, 0.3) is 0 Å². The second kappa shape index (κ2) is 11.5. The number of hydrogen-bond donors (Lipinski definition) is 0. The van der Waals surface area contributed by atoms with Gasteiger partial charge in [-0.25, -0.2) is 9.59 Å². The lowest BCUT2D eigenvalue weighted by molar-refractivity contribution is -0.156. The predicted octanol–water partition coefficient (Wildman–Crippen LogP) is 2.49. The maximum absolute atomic E-state index is 11.5. The Morgan fingerprint density at radius 2 is 1.61 bits per heavy atom. The van der Waals surface area contributed by atoms with E-state index in [0.717, 1.165) is 30.6 Å². The Balaban J connectivity index is 2.10. The fourth-order valence-electron chi connectivity index (χ4n) is 1.72. The molecule has 0 fully saturated rings. The minimum atomic E-state index is -0.528.